The van der Waals surface area contributed by atoms with Crippen molar-refractivity contribution >= 4 is 28.8 Å². The van der Waals surface area contributed by atoms with E-state index in [4.69, 9.17) is 9.47 Å². The maximum Gasteiger partial charge on any atom is 0.513 e. The zero-order chi connectivity index (χ0) is 34.5. The molecular weight excluding hydrogens is 624 g/mol. The Balaban J connectivity index is 0.931. The second kappa shape index (κ2) is 15.6. The number of ketones is 1. The SMILES string of the molecule is CCC1CCN(C(=O)C[NH2+]C(=O)OC2CC3CC3C2CCCCCc2nc3ccc(OCc4cnccn4)cc3[nH]c2=O)C1C(=O)C(C)C. The van der Waals surface area contributed by atoms with E-state index in [1.165, 1.54) is 11.7 Å². The number of nitrogens with zero attached hydrogens (tertiary/aromatic N) is 4. The van der Waals surface area contributed by atoms with Crippen LogP contribution < -0.4 is 15.6 Å². The fraction of sp³-hybridized carbons (Fsp3) is 0.595. The van der Waals surface area contributed by atoms with Gasteiger partial charge in [0.25, 0.3) is 11.5 Å². The van der Waals surface area contributed by atoms with Crippen molar-refractivity contribution < 1.29 is 29.2 Å². The number of carbonyl (C=O) groups excluding carboxylic acids is 3. The quantitative estimate of drug-likeness (QED) is 0.228. The van der Waals surface area contributed by atoms with Crippen molar-refractivity contribution in [1.29, 1.82) is 0 Å². The highest BCUT2D eigenvalue weighted by Gasteiger charge is 2.54. The van der Waals surface area contributed by atoms with Crippen LogP contribution in [0.1, 0.15) is 83.5 Å². The number of carbonyl (C=O) groups is 3. The topological polar surface area (TPSA) is 161 Å². The lowest BCUT2D eigenvalue weighted by atomic mass is 9.89. The average Bonchev–Trinajstić information content (AvgIpc) is 3.58. The molecule has 0 spiro atoms. The molecule has 0 bridgehead atoms. The van der Waals surface area contributed by atoms with Gasteiger partial charge in [-0.25, -0.2) is 10.3 Å². The zero-order valence-corrected chi connectivity index (χ0v) is 28.8. The Morgan fingerprint density at radius 2 is 1.98 bits per heavy atom. The van der Waals surface area contributed by atoms with Gasteiger partial charge >= 0.3 is 6.09 Å². The molecule has 262 valence electrons. The largest absolute Gasteiger partial charge is 0.513 e. The summed E-state index contributed by atoms with van der Waals surface area (Å²) in [5, 5.41) is 1.36. The minimum absolute atomic E-state index is 0.0395. The molecule has 12 nitrogen and oxygen atoms in total. The van der Waals surface area contributed by atoms with E-state index in [2.05, 4.69) is 26.9 Å². The minimum atomic E-state index is -0.437. The summed E-state index contributed by atoms with van der Waals surface area (Å²) >= 11 is 0. The van der Waals surface area contributed by atoms with Crippen LogP contribution in [-0.2, 0) is 27.4 Å². The van der Waals surface area contributed by atoms with Crippen LogP contribution >= 0.6 is 0 Å². The van der Waals surface area contributed by atoms with Crippen molar-refractivity contribution in [2.75, 3.05) is 13.1 Å². The molecule has 6 atom stereocenters. The number of fused-ring (bicyclic) bond motifs is 2. The Hall–Kier alpha value is -4.19. The highest BCUT2D eigenvalue weighted by atomic mass is 16.6. The summed E-state index contributed by atoms with van der Waals surface area (Å²) in [6.45, 7) is 6.61. The van der Waals surface area contributed by atoms with Gasteiger partial charge < -0.3 is 19.4 Å². The molecule has 2 amide bonds. The smallest absolute Gasteiger partial charge is 0.487 e. The molecule has 2 aromatic heterocycles. The summed E-state index contributed by atoms with van der Waals surface area (Å²) in [6, 6.07) is 5.06. The summed E-state index contributed by atoms with van der Waals surface area (Å²) in [5.41, 5.74) is 2.39. The first-order chi connectivity index (χ1) is 23.7. The van der Waals surface area contributed by atoms with Crippen LogP contribution in [-0.4, -0.2) is 67.9 Å². The van der Waals surface area contributed by atoms with E-state index < -0.39 is 12.1 Å². The van der Waals surface area contributed by atoms with Crippen molar-refractivity contribution in [3.05, 3.63) is 58.5 Å². The Morgan fingerprint density at radius 3 is 2.76 bits per heavy atom. The summed E-state index contributed by atoms with van der Waals surface area (Å²) in [7, 11) is 0. The Labute approximate surface area is 286 Å². The summed E-state index contributed by atoms with van der Waals surface area (Å²) < 4.78 is 11.7. The number of likely N-dealkylation sites (tertiary alicyclic amines) is 1. The Bertz CT molecular complexity index is 1700. The molecule has 1 aromatic carbocycles. The lowest BCUT2D eigenvalue weighted by molar-refractivity contribution is -0.561. The van der Waals surface area contributed by atoms with E-state index in [1.54, 1.807) is 29.6 Å². The second-order valence-electron chi connectivity index (χ2n) is 14.3. The number of hydrogen-bond donors (Lipinski definition) is 2. The molecule has 2 saturated carbocycles. The lowest BCUT2D eigenvalue weighted by Gasteiger charge is -2.27. The molecule has 3 heterocycles. The third kappa shape index (κ3) is 8.34. The zero-order valence-electron chi connectivity index (χ0n) is 28.8. The predicted octanol–water partition coefficient (Wildman–Crippen LogP) is 3.97. The average molecular weight is 674 g/mol. The van der Waals surface area contributed by atoms with Gasteiger partial charge in [-0.1, -0.05) is 40.0 Å². The van der Waals surface area contributed by atoms with E-state index in [0.717, 1.165) is 44.9 Å². The number of aromatic amines is 1. The summed E-state index contributed by atoms with van der Waals surface area (Å²) in [5.74, 6) is 2.15. The third-order valence-electron chi connectivity index (χ3n) is 10.7. The standard InChI is InChI=1S/C37H48N6O6/c1-4-23-12-15-43(34(23)35(45)22(2)3)33(44)20-40-37(47)49-32-17-24-16-28(24)27(32)8-6-5-7-9-30-36(46)42-31-18-26(10-11-29(31)41-30)48-21-25-19-38-13-14-39-25/h10-11,13-14,18-19,22-24,27-28,32,34H,4-9,12,15-17,20-21H2,1-3H3,(H,40,47)(H,42,46)/p+1. The molecule has 1 aliphatic heterocycles. The number of H-pyrrole nitrogens is 1. The van der Waals surface area contributed by atoms with E-state index >= 15 is 0 Å². The van der Waals surface area contributed by atoms with Gasteiger partial charge in [0.2, 0.25) is 0 Å². The molecule has 3 aliphatic rings. The fourth-order valence-electron chi connectivity index (χ4n) is 7.90. The monoisotopic (exact) mass is 673 g/mol. The van der Waals surface area contributed by atoms with Gasteiger partial charge in [-0.2, -0.15) is 4.79 Å². The molecule has 12 heteroatoms. The highest BCUT2D eigenvalue weighted by Crippen LogP contribution is 2.57. The molecule has 6 unspecified atom stereocenters. The normalized spacial score (nSPS) is 24.3. The van der Waals surface area contributed by atoms with Crippen molar-refractivity contribution in [3.63, 3.8) is 0 Å². The van der Waals surface area contributed by atoms with Gasteiger partial charge in [0, 0.05) is 30.9 Å². The number of rotatable bonds is 15. The molecule has 3 N–H and O–H groups in total. The van der Waals surface area contributed by atoms with Crippen LogP contribution in [0.25, 0.3) is 11.0 Å². The number of primary amides is 1. The van der Waals surface area contributed by atoms with Crippen molar-refractivity contribution in [2.45, 2.75) is 97.3 Å². The Morgan fingerprint density at radius 1 is 1.12 bits per heavy atom. The summed E-state index contributed by atoms with van der Waals surface area (Å²) in [6.07, 6.45) is 12.4. The maximum atomic E-state index is 13.1. The van der Waals surface area contributed by atoms with Crippen LogP contribution in [0.2, 0.25) is 0 Å². The van der Waals surface area contributed by atoms with Crippen molar-refractivity contribution in [1.82, 2.24) is 24.8 Å². The number of nitrogens with one attached hydrogen (secondary N) is 1. The first-order valence-corrected chi connectivity index (χ1v) is 18.0. The molecule has 49 heavy (non-hydrogen) atoms. The number of nitrogens with two attached hydrogens (primary N) is 1. The van der Waals surface area contributed by atoms with Gasteiger partial charge in [-0.05, 0) is 74.3 Å². The number of quaternary nitrogens is 1. The Kier molecular flexibility index (Phi) is 11.0. The van der Waals surface area contributed by atoms with Crippen LogP contribution in [0, 0.1) is 29.6 Å². The second-order valence-corrected chi connectivity index (χ2v) is 14.3. The van der Waals surface area contributed by atoms with Crippen molar-refractivity contribution in [3.8, 4) is 5.75 Å². The number of hydrogen-bond acceptors (Lipinski definition) is 9. The van der Waals surface area contributed by atoms with Gasteiger partial charge in [-0.3, -0.25) is 24.4 Å². The number of Topliss-reactive ketones (excluding diaryl/α,β-unsaturated/α-hetero) is 1. The van der Waals surface area contributed by atoms with E-state index in [-0.39, 0.29) is 48.3 Å². The molecule has 1 saturated heterocycles. The molecule has 3 aromatic rings. The van der Waals surface area contributed by atoms with Gasteiger partial charge in [-0.15, -0.1) is 0 Å². The van der Waals surface area contributed by atoms with Gasteiger partial charge in [0.05, 0.1) is 29.0 Å². The first-order valence-electron chi connectivity index (χ1n) is 18.0. The van der Waals surface area contributed by atoms with Crippen LogP contribution in [0.15, 0.2) is 41.6 Å². The number of ether oxygens (including phenoxy) is 2. The minimum Gasteiger partial charge on any atom is -0.487 e. The first kappa shape index (κ1) is 34.7. The fourth-order valence-corrected chi connectivity index (χ4v) is 7.90. The van der Waals surface area contributed by atoms with E-state index in [9.17, 15) is 19.2 Å². The number of unbranched alkanes of at least 4 members (excludes halogenated alkanes) is 2. The van der Waals surface area contributed by atoms with Crippen LogP contribution in [0.4, 0.5) is 4.79 Å². The van der Waals surface area contributed by atoms with E-state index in [1.807, 2.05) is 26.0 Å². The number of benzene rings is 1. The molecule has 3 fully saturated rings. The highest BCUT2D eigenvalue weighted by molar-refractivity contribution is 5.91. The number of aromatic nitrogens is 4. The molecular formula is C37H49N6O6+. The van der Waals surface area contributed by atoms with Gasteiger partial charge in [0.15, 0.2) is 12.3 Å². The van der Waals surface area contributed by atoms with Crippen LogP contribution in [0.3, 0.4) is 0 Å². The van der Waals surface area contributed by atoms with E-state index in [0.29, 0.717) is 58.9 Å². The third-order valence-corrected chi connectivity index (χ3v) is 10.7. The molecule has 0 radical (unpaired) electrons. The molecule has 6 rings (SSSR count). The number of aryl methyl sites for hydroxylation is 1. The van der Waals surface area contributed by atoms with Crippen molar-refractivity contribution in [2.24, 2.45) is 29.6 Å². The predicted molar refractivity (Wildman–Crippen MR) is 181 cm³/mol. The number of amides is 2. The van der Waals surface area contributed by atoms with Crippen LogP contribution in [0.5, 0.6) is 5.75 Å². The molecule has 2 aliphatic carbocycles. The van der Waals surface area contributed by atoms with Gasteiger partial charge in [0.1, 0.15) is 24.2 Å². The summed E-state index contributed by atoms with van der Waals surface area (Å²) in [4.78, 5) is 69.1. The lowest BCUT2D eigenvalue weighted by Crippen LogP contribution is -2.90. The maximum absolute atomic E-state index is 13.1.